The quantitative estimate of drug-likeness (QED) is 0.574. The van der Waals surface area contributed by atoms with Gasteiger partial charge in [-0.15, -0.1) is 0 Å². The van der Waals surface area contributed by atoms with Gasteiger partial charge in [-0.05, 0) is 30.2 Å². The lowest BCUT2D eigenvalue weighted by molar-refractivity contribution is 0.0973. The number of ether oxygens (including phenoxy) is 1. The van der Waals surface area contributed by atoms with Crippen LogP contribution in [0.1, 0.15) is 30.3 Å². The predicted molar refractivity (Wildman–Crippen MR) is 102 cm³/mol. The first-order valence-electron chi connectivity index (χ1n) is 8.35. The van der Waals surface area contributed by atoms with Crippen LogP contribution in [0, 0.1) is 0 Å². The number of Topliss-reactive ketones (excluding diaryl/α,β-unsaturated/α-hetero) is 1. The standard InChI is InChI=1S/C20H18ClNO5/c1-3-4-15(23)19-18(11-5-7-12(26-2)8-6-11)20(27-22-19)13-9-14(21)17(25)10-16(13)24/h5-10,24-25H,3-4H2,1-2H3. The van der Waals surface area contributed by atoms with Gasteiger partial charge in [-0.2, -0.15) is 0 Å². The summed E-state index contributed by atoms with van der Waals surface area (Å²) in [5, 5.41) is 23.9. The molecule has 0 aliphatic carbocycles. The average Bonchev–Trinajstić information content (AvgIpc) is 3.10. The van der Waals surface area contributed by atoms with E-state index in [-0.39, 0.29) is 39.3 Å². The van der Waals surface area contributed by atoms with Crippen molar-refractivity contribution in [3.63, 3.8) is 0 Å². The van der Waals surface area contributed by atoms with E-state index >= 15 is 0 Å². The van der Waals surface area contributed by atoms with Crippen LogP contribution in [-0.4, -0.2) is 28.3 Å². The summed E-state index contributed by atoms with van der Waals surface area (Å²) in [5.41, 5.74) is 1.54. The van der Waals surface area contributed by atoms with Crippen LogP contribution in [0.5, 0.6) is 17.2 Å². The molecule has 3 aromatic rings. The molecule has 0 amide bonds. The van der Waals surface area contributed by atoms with E-state index in [1.807, 2.05) is 6.92 Å². The third-order valence-electron chi connectivity index (χ3n) is 4.12. The fraction of sp³-hybridized carbons (Fsp3) is 0.200. The Morgan fingerprint density at radius 3 is 2.52 bits per heavy atom. The van der Waals surface area contributed by atoms with Gasteiger partial charge in [0.2, 0.25) is 0 Å². The van der Waals surface area contributed by atoms with Gasteiger partial charge in [0.15, 0.2) is 17.2 Å². The molecule has 0 bridgehead atoms. The summed E-state index contributed by atoms with van der Waals surface area (Å²) in [6.45, 7) is 1.90. The molecular weight excluding hydrogens is 370 g/mol. The third-order valence-corrected chi connectivity index (χ3v) is 4.42. The molecule has 0 aliphatic heterocycles. The number of rotatable bonds is 6. The number of methoxy groups -OCH3 is 1. The first kappa shape index (κ1) is 18.8. The molecule has 2 aromatic carbocycles. The first-order chi connectivity index (χ1) is 13.0. The third kappa shape index (κ3) is 3.61. The van der Waals surface area contributed by atoms with Gasteiger partial charge in [-0.25, -0.2) is 0 Å². The van der Waals surface area contributed by atoms with Crippen LogP contribution >= 0.6 is 11.6 Å². The van der Waals surface area contributed by atoms with Crippen molar-refractivity contribution in [1.82, 2.24) is 5.16 Å². The van der Waals surface area contributed by atoms with E-state index in [0.29, 0.717) is 29.7 Å². The molecule has 7 heteroatoms. The maximum absolute atomic E-state index is 12.5. The number of carbonyl (C=O) groups excluding carboxylic acids is 1. The van der Waals surface area contributed by atoms with Gasteiger partial charge in [0.1, 0.15) is 17.2 Å². The van der Waals surface area contributed by atoms with Crippen molar-refractivity contribution in [1.29, 1.82) is 0 Å². The number of aromatic nitrogens is 1. The zero-order chi connectivity index (χ0) is 19.6. The van der Waals surface area contributed by atoms with E-state index < -0.39 is 0 Å². The van der Waals surface area contributed by atoms with Gasteiger partial charge in [-0.3, -0.25) is 4.79 Å². The summed E-state index contributed by atoms with van der Waals surface area (Å²) in [7, 11) is 1.56. The van der Waals surface area contributed by atoms with Crippen LogP contribution in [-0.2, 0) is 0 Å². The van der Waals surface area contributed by atoms with Crippen LogP contribution in [0.15, 0.2) is 40.9 Å². The van der Waals surface area contributed by atoms with Crippen LogP contribution in [0.4, 0.5) is 0 Å². The molecule has 0 radical (unpaired) electrons. The number of phenolic OH excluding ortho intramolecular Hbond substituents is 2. The smallest absolute Gasteiger partial charge is 0.185 e. The second kappa shape index (κ2) is 7.72. The Labute approximate surface area is 161 Å². The van der Waals surface area contributed by atoms with Crippen molar-refractivity contribution in [3.8, 4) is 39.7 Å². The Hall–Kier alpha value is -2.99. The van der Waals surface area contributed by atoms with E-state index in [1.54, 1.807) is 31.4 Å². The Balaban J connectivity index is 2.23. The summed E-state index contributed by atoms with van der Waals surface area (Å²) in [6.07, 6.45) is 0.983. The maximum atomic E-state index is 12.5. The van der Waals surface area contributed by atoms with E-state index in [2.05, 4.69) is 5.16 Å². The van der Waals surface area contributed by atoms with Gasteiger partial charge in [0.05, 0.1) is 23.3 Å². The molecule has 140 valence electrons. The normalized spacial score (nSPS) is 10.8. The van der Waals surface area contributed by atoms with Crippen LogP contribution in [0.25, 0.3) is 22.5 Å². The van der Waals surface area contributed by atoms with Crippen molar-refractivity contribution >= 4 is 17.4 Å². The molecule has 0 aliphatic rings. The maximum Gasteiger partial charge on any atom is 0.185 e. The van der Waals surface area contributed by atoms with Crippen LogP contribution in [0.3, 0.4) is 0 Å². The molecular formula is C20H18ClNO5. The monoisotopic (exact) mass is 387 g/mol. The lowest BCUT2D eigenvalue weighted by atomic mass is 9.96. The van der Waals surface area contributed by atoms with E-state index in [9.17, 15) is 15.0 Å². The van der Waals surface area contributed by atoms with Crippen molar-refractivity contribution in [2.45, 2.75) is 19.8 Å². The highest BCUT2D eigenvalue weighted by molar-refractivity contribution is 6.32. The minimum atomic E-state index is -0.259. The SMILES string of the molecule is CCCC(=O)c1noc(-c2cc(Cl)c(O)cc2O)c1-c1ccc(OC)cc1. The number of halogens is 1. The predicted octanol–water partition coefficient (Wildman–Crippen LogP) is 5.06. The molecule has 2 N–H and O–H groups in total. The lowest BCUT2D eigenvalue weighted by Crippen LogP contribution is -2.01. The largest absolute Gasteiger partial charge is 0.507 e. The highest BCUT2D eigenvalue weighted by Crippen LogP contribution is 2.43. The molecule has 0 saturated carbocycles. The van der Waals surface area contributed by atoms with Crippen LogP contribution < -0.4 is 4.74 Å². The second-order valence-electron chi connectivity index (χ2n) is 5.96. The fourth-order valence-electron chi connectivity index (χ4n) is 2.77. The van der Waals surface area contributed by atoms with Crippen LogP contribution in [0.2, 0.25) is 5.02 Å². The zero-order valence-corrected chi connectivity index (χ0v) is 15.6. The van der Waals surface area contributed by atoms with Gasteiger partial charge in [-0.1, -0.05) is 35.8 Å². The molecule has 0 spiro atoms. The Bertz CT molecular complexity index is 979. The molecule has 0 fully saturated rings. The van der Waals surface area contributed by atoms with Gasteiger partial charge < -0.3 is 19.5 Å². The minimum Gasteiger partial charge on any atom is -0.507 e. The van der Waals surface area contributed by atoms with E-state index in [4.69, 9.17) is 20.9 Å². The molecule has 6 nitrogen and oxygen atoms in total. The summed E-state index contributed by atoms with van der Waals surface area (Å²) < 4.78 is 10.6. The van der Waals surface area contributed by atoms with E-state index in [1.165, 1.54) is 6.07 Å². The molecule has 3 rings (SSSR count). The highest BCUT2D eigenvalue weighted by Gasteiger charge is 2.26. The van der Waals surface area contributed by atoms with Crippen molar-refractivity contribution in [2.24, 2.45) is 0 Å². The summed E-state index contributed by atoms with van der Waals surface area (Å²) in [4.78, 5) is 12.5. The number of carbonyl (C=O) groups is 1. The minimum absolute atomic E-state index is 0.0429. The van der Waals surface area contributed by atoms with Gasteiger partial charge >= 0.3 is 0 Å². The summed E-state index contributed by atoms with van der Waals surface area (Å²) in [6, 6.07) is 9.54. The zero-order valence-electron chi connectivity index (χ0n) is 14.8. The molecule has 1 aromatic heterocycles. The number of ketones is 1. The Morgan fingerprint density at radius 1 is 1.19 bits per heavy atom. The van der Waals surface area contributed by atoms with Gasteiger partial charge in [0.25, 0.3) is 0 Å². The first-order valence-corrected chi connectivity index (χ1v) is 8.73. The lowest BCUT2D eigenvalue weighted by Gasteiger charge is -2.08. The Kier molecular flexibility index (Phi) is 5.37. The molecule has 0 unspecified atom stereocenters. The number of phenols is 2. The summed E-state index contributed by atoms with van der Waals surface area (Å²) >= 11 is 5.99. The number of benzene rings is 2. The van der Waals surface area contributed by atoms with Crippen molar-refractivity contribution in [2.75, 3.05) is 7.11 Å². The number of hydrogen-bond acceptors (Lipinski definition) is 6. The van der Waals surface area contributed by atoms with Gasteiger partial charge in [0, 0.05) is 12.5 Å². The number of aromatic hydroxyl groups is 2. The average molecular weight is 388 g/mol. The van der Waals surface area contributed by atoms with Crippen molar-refractivity contribution < 1.29 is 24.3 Å². The second-order valence-corrected chi connectivity index (χ2v) is 6.36. The molecule has 0 atom stereocenters. The molecule has 27 heavy (non-hydrogen) atoms. The highest BCUT2D eigenvalue weighted by atomic mass is 35.5. The van der Waals surface area contributed by atoms with Crippen molar-refractivity contribution in [3.05, 3.63) is 47.1 Å². The Morgan fingerprint density at radius 2 is 1.89 bits per heavy atom. The molecule has 0 saturated heterocycles. The number of nitrogens with zero attached hydrogens (tertiary/aromatic N) is 1. The fourth-order valence-corrected chi connectivity index (χ4v) is 2.93. The van der Waals surface area contributed by atoms with E-state index in [0.717, 1.165) is 6.07 Å². The topological polar surface area (TPSA) is 92.8 Å². The summed E-state index contributed by atoms with van der Waals surface area (Å²) in [5.74, 6) is 0.193. The number of hydrogen-bond donors (Lipinski definition) is 2. The molecule has 1 heterocycles.